The summed E-state index contributed by atoms with van der Waals surface area (Å²) < 4.78 is 10.9. The third kappa shape index (κ3) is 10.00. The van der Waals surface area contributed by atoms with Gasteiger partial charge >= 0.3 is 0 Å². The Morgan fingerprint density at radius 2 is 2.20 bits per heavy atom. The average molecular weight is 305 g/mol. The third-order valence-corrected chi connectivity index (χ3v) is 4.17. The lowest BCUT2D eigenvalue weighted by atomic mass is 10.2. The van der Waals surface area contributed by atoms with Gasteiger partial charge in [-0.05, 0) is 44.2 Å². The van der Waals surface area contributed by atoms with Gasteiger partial charge in [0, 0.05) is 13.2 Å². The molecule has 5 heteroatoms. The summed E-state index contributed by atoms with van der Waals surface area (Å²) in [6, 6.07) is 0. The number of hydrogen-bond donors (Lipinski definition) is 2. The fourth-order valence-electron chi connectivity index (χ4n) is 2.29. The summed E-state index contributed by atoms with van der Waals surface area (Å²) in [7, 11) is 0. The van der Waals surface area contributed by atoms with E-state index in [9.17, 15) is 5.11 Å². The van der Waals surface area contributed by atoms with E-state index >= 15 is 0 Å². The van der Waals surface area contributed by atoms with Crippen LogP contribution in [-0.2, 0) is 9.47 Å². The highest BCUT2D eigenvalue weighted by atomic mass is 32.2. The number of aliphatic hydroxyl groups is 1. The van der Waals surface area contributed by atoms with Crippen molar-refractivity contribution in [2.45, 2.75) is 50.7 Å². The van der Waals surface area contributed by atoms with E-state index in [2.05, 4.69) is 11.6 Å². The standard InChI is InChI=1S/C15H31NO3S/c1-20-10-5-3-2-4-8-16-11-14(17)12-18-13-15-7-6-9-19-15/h14-17H,2-13H2,1H3. The molecule has 0 spiro atoms. The molecule has 0 bridgehead atoms. The second kappa shape index (κ2) is 12.9. The fraction of sp³-hybridized carbons (Fsp3) is 1.00. The Balaban J connectivity index is 1.79. The first-order valence-corrected chi connectivity index (χ1v) is 9.29. The monoisotopic (exact) mass is 305 g/mol. The van der Waals surface area contributed by atoms with Crippen molar-refractivity contribution in [3.05, 3.63) is 0 Å². The smallest absolute Gasteiger partial charge is 0.0897 e. The van der Waals surface area contributed by atoms with Crippen LogP contribution in [0, 0.1) is 0 Å². The molecule has 2 unspecified atom stereocenters. The summed E-state index contributed by atoms with van der Waals surface area (Å²) in [4.78, 5) is 0. The minimum absolute atomic E-state index is 0.247. The van der Waals surface area contributed by atoms with Crippen molar-refractivity contribution in [1.29, 1.82) is 0 Å². The zero-order chi connectivity index (χ0) is 14.5. The van der Waals surface area contributed by atoms with E-state index in [4.69, 9.17) is 9.47 Å². The van der Waals surface area contributed by atoms with E-state index in [1.54, 1.807) is 0 Å². The molecule has 1 aliphatic rings. The van der Waals surface area contributed by atoms with Crippen molar-refractivity contribution in [3.63, 3.8) is 0 Å². The van der Waals surface area contributed by atoms with Crippen LogP contribution in [0.25, 0.3) is 0 Å². The Morgan fingerprint density at radius 3 is 2.95 bits per heavy atom. The molecule has 2 N–H and O–H groups in total. The molecule has 1 aliphatic heterocycles. The molecule has 0 aromatic rings. The first kappa shape index (κ1) is 18.2. The topological polar surface area (TPSA) is 50.7 Å². The normalized spacial score (nSPS) is 20.4. The Hall–Kier alpha value is 0.190. The summed E-state index contributed by atoms with van der Waals surface area (Å²) in [6.45, 7) is 3.49. The Labute approximate surface area is 128 Å². The first-order chi connectivity index (χ1) is 9.83. The molecule has 120 valence electrons. The number of unbranched alkanes of at least 4 members (excludes halogenated alkanes) is 3. The molecule has 20 heavy (non-hydrogen) atoms. The highest BCUT2D eigenvalue weighted by Gasteiger charge is 2.15. The van der Waals surface area contributed by atoms with Gasteiger partial charge in [0.2, 0.25) is 0 Å². The molecule has 0 aliphatic carbocycles. The van der Waals surface area contributed by atoms with E-state index in [1.165, 1.54) is 31.4 Å². The van der Waals surface area contributed by atoms with Gasteiger partial charge in [-0.1, -0.05) is 12.8 Å². The maximum absolute atomic E-state index is 9.76. The van der Waals surface area contributed by atoms with Gasteiger partial charge in [-0.3, -0.25) is 0 Å². The highest BCUT2D eigenvalue weighted by Crippen LogP contribution is 2.11. The van der Waals surface area contributed by atoms with E-state index in [0.717, 1.165) is 26.0 Å². The number of aliphatic hydroxyl groups excluding tert-OH is 1. The lowest BCUT2D eigenvalue weighted by Gasteiger charge is -2.14. The number of ether oxygens (including phenoxy) is 2. The zero-order valence-electron chi connectivity index (χ0n) is 12.8. The average Bonchev–Trinajstić information content (AvgIpc) is 2.95. The van der Waals surface area contributed by atoms with Crippen molar-refractivity contribution in [2.75, 3.05) is 44.9 Å². The quantitative estimate of drug-likeness (QED) is 0.510. The van der Waals surface area contributed by atoms with Crippen LogP contribution in [0.3, 0.4) is 0 Å². The van der Waals surface area contributed by atoms with Gasteiger partial charge in [-0.2, -0.15) is 11.8 Å². The molecule has 1 heterocycles. The van der Waals surface area contributed by atoms with Crippen molar-refractivity contribution in [1.82, 2.24) is 5.32 Å². The Morgan fingerprint density at radius 1 is 1.35 bits per heavy atom. The zero-order valence-corrected chi connectivity index (χ0v) is 13.6. The number of rotatable bonds is 13. The van der Waals surface area contributed by atoms with Crippen molar-refractivity contribution in [3.8, 4) is 0 Å². The predicted molar refractivity (Wildman–Crippen MR) is 85.5 cm³/mol. The molecule has 0 aromatic heterocycles. The van der Waals surface area contributed by atoms with Crippen molar-refractivity contribution >= 4 is 11.8 Å². The van der Waals surface area contributed by atoms with Crippen LogP contribution < -0.4 is 5.32 Å². The highest BCUT2D eigenvalue weighted by molar-refractivity contribution is 7.98. The molecular weight excluding hydrogens is 274 g/mol. The molecule has 1 saturated heterocycles. The van der Waals surface area contributed by atoms with Crippen LogP contribution in [0.4, 0.5) is 0 Å². The minimum Gasteiger partial charge on any atom is -0.389 e. The molecule has 0 amide bonds. The molecule has 4 nitrogen and oxygen atoms in total. The largest absolute Gasteiger partial charge is 0.389 e. The molecule has 0 saturated carbocycles. The van der Waals surface area contributed by atoms with Gasteiger partial charge in [0.15, 0.2) is 0 Å². The second-order valence-corrected chi connectivity index (χ2v) is 6.42. The van der Waals surface area contributed by atoms with Crippen molar-refractivity contribution < 1.29 is 14.6 Å². The van der Waals surface area contributed by atoms with Gasteiger partial charge in [-0.25, -0.2) is 0 Å². The van der Waals surface area contributed by atoms with E-state index in [1.807, 2.05) is 11.8 Å². The van der Waals surface area contributed by atoms with Crippen LogP contribution in [-0.4, -0.2) is 62.2 Å². The van der Waals surface area contributed by atoms with Gasteiger partial charge < -0.3 is 19.9 Å². The lowest BCUT2D eigenvalue weighted by molar-refractivity contribution is -0.0163. The van der Waals surface area contributed by atoms with E-state index in [-0.39, 0.29) is 6.10 Å². The van der Waals surface area contributed by atoms with Crippen LogP contribution in [0.1, 0.15) is 38.5 Å². The molecule has 1 rings (SSSR count). The lowest BCUT2D eigenvalue weighted by Crippen LogP contribution is -2.32. The minimum atomic E-state index is -0.409. The van der Waals surface area contributed by atoms with Crippen molar-refractivity contribution in [2.24, 2.45) is 0 Å². The van der Waals surface area contributed by atoms with E-state index < -0.39 is 6.10 Å². The Kier molecular flexibility index (Phi) is 11.8. The first-order valence-electron chi connectivity index (χ1n) is 7.90. The molecule has 1 fully saturated rings. The maximum Gasteiger partial charge on any atom is 0.0897 e. The molecule has 0 radical (unpaired) electrons. The summed E-state index contributed by atoms with van der Waals surface area (Å²) in [5.41, 5.74) is 0. The summed E-state index contributed by atoms with van der Waals surface area (Å²) in [5.74, 6) is 1.27. The maximum atomic E-state index is 9.76. The predicted octanol–water partition coefficient (Wildman–Crippen LogP) is 2.06. The van der Waals surface area contributed by atoms with Gasteiger partial charge in [0.1, 0.15) is 0 Å². The summed E-state index contributed by atoms with van der Waals surface area (Å²) in [6.07, 6.45) is 9.32. The number of nitrogens with one attached hydrogen (secondary N) is 1. The molecule has 0 aromatic carbocycles. The van der Waals surface area contributed by atoms with Gasteiger partial charge in [0.25, 0.3) is 0 Å². The fourth-order valence-corrected chi connectivity index (χ4v) is 2.78. The van der Waals surface area contributed by atoms with Crippen LogP contribution in [0.15, 0.2) is 0 Å². The third-order valence-electron chi connectivity index (χ3n) is 3.47. The Bertz CT molecular complexity index is 213. The second-order valence-electron chi connectivity index (χ2n) is 5.44. The van der Waals surface area contributed by atoms with Gasteiger partial charge in [-0.15, -0.1) is 0 Å². The number of thioether (sulfide) groups is 1. The summed E-state index contributed by atoms with van der Waals surface area (Å²) >= 11 is 1.92. The SMILES string of the molecule is CSCCCCCCNCC(O)COCC1CCCO1. The summed E-state index contributed by atoms with van der Waals surface area (Å²) in [5, 5.41) is 13.1. The van der Waals surface area contributed by atoms with Crippen LogP contribution in [0.5, 0.6) is 0 Å². The number of hydrogen-bond acceptors (Lipinski definition) is 5. The molecular formula is C15H31NO3S. The van der Waals surface area contributed by atoms with Crippen LogP contribution >= 0.6 is 11.8 Å². The molecule has 2 atom stereocenters. The van der Waals surface area contributed by atoms with Crippen LogP contribution in [0.2, 0.25) is 0 Å². The van der Waals surface area contributed by atoms with Gasteiger partial charge in [0.05, 0.1) is 25.4 Å². The van der Waals surface area contributed by atoms with E-state index in [0.29, 0.717) is 19.8 Å².